The number of carbonyl (C=O) groups is 2. The molecular weight excluding hydrogens is 394 g/mol. The number of hydrogen-bond acceptors (Lipinski definition) is 3. The molecule has 0 aliphatic carbocycles. The molecule has 0 spiro atoms. The van der Waals surface area contributed by atoms with E-state index >= 15 is 0 Å². The number of rotatable bonds is 4. The van der Waals surface area contributed by atoms with Crippen LogP contribution >= 0.6 is 15.9 Å². The maximum Gasteiger partial charge on any atom is 0.331 e. The van der Waals surface area contributed by atoms with Crippen LogP contribution < -0.4 is 0 Å². The average molecular weight is 414 g/mol. The Kier molecular flexibility index (Phi) is 5.89. The largest absolute Gasteiger partial charge is 0.449 e. The van der Waals surface area contributed by atoms with E-state index in [2.05, 4.69) is 22.0 Å². The number of esters is 1. The molecule has 1 aliphatic rings. The van der Waals surface area contributed by atoms with E-state index in [1.54, 1.807) is 17.9 Å². The Morgan fingerprint density at radius 3 is 2.69 bits per heavy atom. The van der Waals surface area contributed by atoms with Gasteiger partial charge in [-0.2, -0.15) is 0 Å². The zero-order valence-corrected chi connectivity index (χ0v) is 16.1. The molecule has 0 N–H and O–H groups in total. The third-order valence-corrected chi connectivity index (χ3v) is 4.84. The zero-order chi connectivity index (χ0) is 18.5. The summed E-state index contributed by atoms with van der Waals surface area (Å²) in [5.74, 6) is -0.688. The maximum absolute atomic E-state index is 12.6. The predicted molar refractivity (Wildman–Crippen MR) is 104 cm³/mol. The fraction of sp³-hybridized carbons (Fsp3) is 0.238. The summed E-state index contributed by atoms with van der Waals surface area (Å²) in [6.45, 7) is 2.82. The third-order valence-electron chi connectivity index (χ3n) is 4.34. The summed E-state index contributed by atoms with van der Waals surface area (Å²) >= 11 is 3.38. The molecule has 26 heavy (non-hydrogen) atoms. The van der Waals surface area contributed by atoms with Gasteiger partial charge in [-0.25, -0.2) is 4.79 Å². The number of carbonyl (C=O) groups excluding carboxylic acids is 2. The van der Waals surface area contributed by atoms with Crippen LogP contribution in [0.4, 0.5) is 0 Å². The van der Waals surface area contributed by atoms with Gasteiger partial charge < -0.3 is 9.64 Å². The SMILES string of the molecule is CC(OC(=O)/C=C/c1cccc(Br)c1)C(=O)N1CCc2ccccc2C1. The molecule has 2 aromatic carbocycles. The fourth-order valence-electron chi connectivity index (χ4n) is 2.98. The molecule has 1 atom stereocenters. The second kappa shape index (κ2) is 8.32. The molecule has 0 fully saturated rings. The van der Waals surface area contributed by atoms with Gasteiger partial charge in [-0.3, -0.25) is 4.79 Å². The minimum Gasteiger partial charge on any atom is -0.449 e. The molecule has 0 saturated carbocycles. The molecule has 1 unspecified atom stereocenters. The average Bonchev–Trinajstić information content (AvgIpc) is 2.65. The highest BCUT2D eigenvalue weighted by Gasteiger charge is 2.26. The zero-order valence-electron chi connectivity index (χ0n) is 14.5. The van der Waals surface area contributed by atoms with Gasteiger partial charge >= 0.3 is 5.97 Å². The molecule has 4 nitrogen and oxygen atoms in total. The van der Waals surface area contributed by atoms with Gasteiger partial charge in [0.1, 0.15) is 0 Å². The minimum absolute atomic E-state index is 0.163. The van der Waals surface area contributed by atoms with E-state index in [-0.39, 0.29) is 5.91 Å². The van der Waals surface area contributed by atoms with E-state index in [1.165, 1.54) is 11.6 Å². The van der Waals surface area contributed by atoms with Gasteiger partial charge in [0, 0.05) is 23.6 Å². The van der Waals surface area contributed by atoms with E-state index < -0.39 is 12.1 Å². The van der Waals surface area contributed by atoms with Crippen LogP contribution in [0.5, 0.6) is 0 Å². The number of halogens is 1. The van der Waals surface area contributed by atoms with Crippen LogP contribution in [-0.2, 0) is 27.3 Å². The Hall–Kier alpha value is -2.40. The molecule has 1 amide bonds. The van der Waals surface area contributed by atoms with Crippen LogP contribution in [0.2, 0.25) is 0 Å². The van der Waals surface area contributed by atoms with Crippen molar-refractivity contribution in [3.05, 3.63) is 75.8 Å². The molecule has 2 aromatic rings. The topological polar surface area (TPSA) is 46.6 Å². The van der Waals surface area contributed by atoms with Crippen molar-refractivity contribution in [2.45, 2.75) is 26.0 Å². The van der Waals surface area contributed by atoms with Crippen molar-refractivity contribution in [3.8, 4) is 0 Å². The lowest BCUT2D eigenvalue weighted by Crippen LogP contribution is -2.42. The summed E-state index contributed by atoms with van der Waals surface area (Å²) in [7, 11) is 0. The summed E-state index contributed by atoms with van der Waals surface area (Å²) in [5, 5.41) is 0. The van der Waals surface area contributed by atoms with Crippen molar-refractivity contribution in [1.82, 2.24) is 4.90 Å². The molecule has 134 valence electrons. The molecule has 5 heteroatoms. The van der Waals surface area contributed by atoms with Crippen molar-refractivity contribution < 1.29 is 14.3 Å². The molecule has 0 radical (unpaired) electrons. The molecule has 1 aliphatic heterocycles. The second-order valence-electron chi connectivity index (χ2n) is 6.25. The first-order valence-corrected chi connectivity index (χ1v) is 9.32. The first-order chi connectivity index (χ1) is 12.5. The van der Waals surface area contributed by atoms with Gasteiger partial charge in [0.15, 0.2) is 6.10 Å². The summed E-state index contributed by atoms with van der Waals surface area (Å²) in [4.78, 5) is 26.3. The van der Waals surface area contributed by atoms with Gasteiger partial charge in [-0.15, -0.1) is 0 Å². The van der Waals surface area contributed by atoms with Gasteiger partial charge in [0.25, 0.3) is 5.91 Å². The highest BCUT2D eigenvalue weighted by atomic mass is 79.9. The summed E-state index contributed by atoms with van der Waals surface area (Å²) in [6, 6.07) is 15.7. The summed E-state index contributed by atoms with van der Waals surface area (Å²) in [6.07, 6.45) is 3.03. The predicted octanol–water partition coefficient (Wildman–Crippen LogP) is 3.98. The van der Waals surface area contributed by atoms with E-state index in [9.17, 15) is 9.59 Å². The summed E-state index contributed by atoms with van der Waals surface area (Å²) in [5.41, 5.74) is 3.31. The van der Waals surface area contributed by atoms with Crippen LogP contribution in [0.15, 0.2) is 59.1 Å². The highest BCUT2D eigenvalue weighted by Crippen LogP contribution is 2.19. The maximum atomic E-state index is 12.6. The van der Waals surface area contributed by atoms with Gasteiger partial charge in [-0.05, 0) is 48.2 Å². The van der Waals surface area contributed by atoms with E-state index in [0.29, 0.717) is 13.1 Å². The molecule has 0 aromatic heterocycles. The highest BCUT2D eigenvalue weighted by molar-refractivity contribution is 9.10. The smallest absolute Gasteiger partial charge is 0.331 e. The quantitative estimate of drug-likeness (QED) is 0.562. The van der Waals surface area contributed by atoms with Crippen molar-refractivity contribution in [3.63, 3.8) is 0 Å². The Morgan fingerprint density at radius 1 is 1.15 bits per heavy atom. The number of hydrogen-bond donors (Lipinski definition) is 0. The Bertz CT molecular complexity index is 847. The lowest BCUT2D eigenvalue weighted by atomic mass is 9.99. The number of benzene rings is 2. The van der Waals surface area contributed by atoms with Crippen molar-refractivity contribution in [2.24, 2.45) is 0 Å². The number of fused-ring (bicyclic) bond motifs is 1. The molecular formula is C21H20BrNO3. The minimum atomic E-state index is -0.806. The van der Waals surface area contributed by atoms with Crippen molar-refractivity contribution in [2.75, 3.05) is 6.54 Å². The van der Waals surface area contributed by atoms with Gasteiger partial charge in [0.05, 0.1) is 0 Å². The lowest BCUT2D eigenvalue weighted by Gasteiger charge is -2.30. The molecule has 3 rings (SSSR count). The third kappa shape index (κ3) is 4.61. The Labute approximate surface area is 161 Å². The standard InChI is InChI=1S/C21H20BrNO3/c1-15(26-20(24)10-9-16-5-4-8-19(22)13-16)21(25)23-12-11-17-6-2-3-7-18(17)14-23/h2-10,13,15H,11-12,14H2,1H3/b10-9+. The molecule has 1 heterocycles. The van der Waals surface area contributed by atoms with E-state index in [4.69, 9.17) is 4.74 Å². The number of amides is 1. The van der Waals surface area contributed by atoms with Crippen LogP contribution in [-0.4, -0.2) is 29.4 Å². The first kappa shape index (κ1) is 18.4. The first-order valence-electron chi connectivity index (χ1n) is 8.53. The number of nitrogens with zero attached hydrogens (tertiary/aromatic N) is 1. The van der Waals surface area contributed by atoms with E-state index in [0.717, 1.165) is 22.0 Å². The van der Waals surface area contributed by atoms with E-state index in [1.807, 2.05) is 42.5 Å². The Morgan fingerprint density at radius 2 is 1.92 bits per heavy atom. The van der Waals surface area contributed by atoms with Crippen LogP contribution in [0.25, 0.3) is 6.08 Å². The molecule has 0 saturated heterocycles. The van der Waals surface area contributed by atoms with Gasteiger partial charge in [0.2, 0.25) is 0 Å². The van der Waals surface area contributed by atoms with Crippen LogP contribution in [0, 0.1) is 0 Å². The van der Waals surface area contributed by atoms with Crippen molar-refractivity contribution >= 4 is 33.9 Å². The monoisotopic (exact) mass is 413 g/mol. The summed E-state index contributed by atoms with van der Waals surface area (Å²) < 4.78 is 6.21. The second-order valence-corrected chi connectivity index (χ2v) is 7.16. The van der Waals surface area contributed by atoms with Gasteiger partial charge in [-0.1, -0.05) is 52.3 Å². The Balaban J connectivity index is 1.56. The van der Waals surface area contributed by atoms with Crippen LogP contribution in [0.3, 0.4) is 0 Å². The van der Waals surface area contributed by atoms with Crippen molar-refractivity contribution in [1.29, 1.82) is 0 Å². The van der Waals surface area contributed by atoms with Crippen LogP contribution in [0.1, 0.15) is 23.6 Å². The normalized spacial score (nSPS) is 14.8. The fourth-order valence-corrected chi connectivity index (χ4v) is 3.40. The molecule has 0 bridgehead atoms. The lowest BCUT2D eigenvalue weighted by molar-refractivity contribution is -0.155. The number of ether oxygens (including phenoxy) is 1.